The molecule has 150 valence electrons. The minimum atomic E-state index is -0.205. The number of benzene rings is 2. The van der Waals surface area contributed by atoms with E-state index in [1.54, 1.807) is 48.5 Å². The fourth-order valence-electron chi connectivity index (χ4n) is 2.91. The number of anilines is 2. The van der Waals surface area contributed by atoms with Gasteiger partial charge < -0.3 is 10.6 Å². The Morgan fingerprint density at radius 2 is 1.29 bits per heavy atom. The Labute approximate surface area is 172 Å². The Kier molecular flexibility index (Phi) is 9.56. The molecule has 2 amide bonds. The molecule has 0 aliphatic rings. The van der Waals surface area contributed by atoms with Crippen molar-refractivity contribution in [3.63, 3.8) is 0 Å². The van der Waals surface area contributed by atoms with E-state index in [0.29, 0.717) is 28.4 Å². The van der Waals surface area contributed by atoms with Crippen LogP contribution in [0.15, 0.2) is 48.5 Å². The lowest BCUT2D eigenvalue weighted by molar-refractivity contribution is -0.116. The van der Waals surface area contributed by atoms with Gasteiger partial charge >= 0.3 is 0 Å². The molecule has 2 N–H and O–H groups in total. The van der Waals surface area contributed by atoms with Crippen LogP contribution in [0.25, 0.3) is 0 Å². The van der Waals surface area contributed by atoms with E-state index in [9.17, 15) is 9.59 Å². The molecule has 0 bridgehead atoms. The highest BCUT2D eigenvalue weighted by Gasteiger charge is 2.07. The van der Waals surface area contributed by atoms with Crippen molar-refractivity contribution >= 4 is 34.8 Å². The van der Waals surface area contributed by atoms with Crippen LogP contribution in [0.4, 0.5) is 11.4 Å². The van der Waals surface area contributed by atoms with E-state index in [1.165, 1.54) is 32.1 Å². The zero-order valence-electron chi connectivity index (χ0n) is 16.5. The molecular weight excluding hydrogens is 372 g/mol. The number of rotatable bonds is 11. The minimum Gasteiger partial charge on any atom is -0.326 e. The van der Waals surface area contributed by atoms with Gasteiger partial charge in [-0.1, -0.05) is 57.0 Å². The molecule has 0 spiro atoms. The van der Waals surface area contributed by atoms with Crippen LogP contribution in [0.5, 0.6) is 0 Å². The molecular formula is C23H29ClN2O2. The Bertz CT molecular complexity index is 742. The highest BCUT2D eigenvalue weighted by molar-refractivity contribution is 6.30. The lowest BCUT2D eigenvalue weighted by Crippen LogP contribution is -2.13. The molecule has 2 aromatic rings. The van der Waals surface area contributed by atoms with Crippen molar-refractivity contribution in [2.45, 2.75) is 58.3 Å². The molecule has 4 nitrogen and oxygen atoms in total. The van der Waals surface area contributed by atoms with Crippen LogP contribution in [0.1, 0.15) is 68.6 Å². The summed E-state index contributed by atoms with van der Waals surface area (Å²) in [6, 6.07) is 13.8. The van der Waals surface area contributed by atoms with Gasteiger partial charge in [-0.3, -0.25) is 9.59 Å². The molecule has 0 saturated heterocycles. The van der Waals surface area contributed by atoms with E-state index in [1.807, 2.05) is 0 Å². The Morgan fingerprint density at radius 3 is 1.93 bits per heavy atom. The highest BCUT2D eigenvalue weighted by atomic mass is 35.5. The first kappa shape index (κ1) is 22.0. The summed E-state index contributed by atoms with van der Waals surface area (Å²) in [6.45, 7) is 2.21. The molecule has 0 fully saturated rings. The molecule has 2 aromatic carbocycles. The maximum atomic E-state index is 12.3. The summed E-state index contributed by atoms with van der Waals surface area (Å²) in [7, 11) is 0. The average Bonchev–Trinajstić information content (AvgIpc) is 2.69. The fraction of sp³-hybridized carbons (Fsp3) is 0.391. The molecule has 0 atom stereocenters. The Morgan fingerprint density at radius 1 is 0.750 bits per heavy atom. The van der Waals surface area contributed by atoms with E-state index >= 15 is 0 Å². The molecule has 0 aliphatic carbocycles. The molecule has 0 unspecified atom stereocenters. The zero-order valence-corrected chi connectivity index (χ0v) is 17.2. The van der Waals surface area contributed by atoms with Crippen LogP contribution in [-0.4, -0.2) is 11.8 Å². The number of unbranched alkanes of at least 4 members (excludes halogenated alkanes) is 6. The van der Waals surface area contributed by atoms with Crippen molar-refractivity contribution in [3.8, 4) is 0 Å². The summed E-state index contributed by atoms with van der Waals surface area (Å²) in [5.41, 5.74) is 1.91. The van der Waals surface area contributed by atoms with Gasteiger partial charge in [0.05, 0.1) is 0 Å². The first-order valence-electron chi connectivity index (χ1n) is 10.1. The molecule has 28 heavy (non-hydrogen) atoms. The predicted octanol–water partition coefficient (Wildman–Crippen LogP) is 6.67. The van der Waals surface area contributed by atoms with Gasteiger partial charge in [0, 0.05) is 28.4 Å². The van der Waals surface area contributed by atoms with Crippen LogP contribution in [0.2, 0.25) is 5.02 Å². The van der Waals surface area contributed by atoms with Crippen LogP contribution < -0.4 is 10.6 Å². The molecule has 0 radical (unpaired) electrons. The summed E-state index contributed by atoms with van der Waals surface area (Å²) in [4.78, 5) is 24.3. The van der Waals surface area contributed by atoms with Gasteiger partial charge in [0.25, 0.3) is 5.91 Å². The maximum absolute atomic E-state index is 12.3. The number of hydrogen-bond donors (Lipinski definition) is 2. The summed E-state index contributed by atoms with van der Waals surface area (Å²) >= 11 is 5.84. The second-order valence-corrected chi connectivity index (χ2v) is 7.39. The van der Waals surface area contributed by atoms with E-state index in [0.717, 1.165) is 12.8 Å². The molecule has 5 heteroatoms. The van der Waals surface area contributed by atoms with Crippen LogP contribution in [0, 0.1) is 0 Å². The molecule has 0 aromatic heterocycles. The number of nitrogens with one attached hydrogen (secondary N) is 2. The number of carbonyl (C=O) groups excluding carboxylic acids is 2. The van der Waals surface area contributed by atoms with Crippen molar-refractivity contribution in [3.05, 3.63) is 59.1 Å². The Hall–Kier alpha value is -2.33. The van der Waals surface area contributed by atoms with Gasteiger partial charge in [-0.25, -0.2) is 0 Å². The third-order valence-corrected chi connectivity index (χ3v) is 4.79. The van der Waals surface area contributed by atoms with Crippen LogP contribution in [-0.2, 0) is 4.79 Å². The molecule has 0 aliphatic heterocycles. The van der Waals surface area contributed by atoms with Crippen LogP contribution in [0.3, 0.4) is 0 Å². The summed E-state index contributed by atoms with van der Waals surface area (Å²) in [6.07, 6.45) is 8.85. The van der Waals surface area contributed by atoms with Gasteiger partial charge in [-0.15, -0.1) is 0 Å². The van der Waals surface area contributed by atoms with Crippen molar-refractivity contribution in [2.24, 2.45) is 0 Å². The van der Waals surface area contributed by atoms with Crippen molar-refractivity contribution < 1.29 is 9.59 Å². The monoisotopic (exact) mass is 400 g/mol. The lowest BCUT2D eigenvalue weighted by Gasteiger charge is -2.08. The van der Waals surface area contributed by atoms with Gasteiger partial charge in [-0.05, 0) is 55.0 Å². The first-order valence-corrected chi connectivity index (χ1v) is 10.4. The third kappa shape index (κ3) is 8.13. The van der Waals surface area contributed by atoms with E-state index < -0.39 is 0 Å². The van der Waals surface area contributed by atoms with E-state index in [-0.39, 0.29) is 11.8 Å². The molecule has 0 heterocycles. The normalized spacial score (nSPS) is 10.5. The maximum Gasteiger partial charge on any atom is 0.255 e. The number of amides is 2. The topological polar surface area (TPSA) is 58.2 Å². The van der Waals surface area contributed by atoms with E-state index in [2.05, 4.69) is 17.6 Å². The predicted molar refractivity (Wildman–Crippen MR) is 117 cm³/mol. The minimum absolute atomic E-state index is 0.0203. The fourth-order valence-corrected chi connectivity index (χ4v) is 3.03. The van der Waals surface area contributed by atoms with Crippen molar-refractivity contribution in [1.29, 1.82) is 0 Å². The largest absolute Gasteiger partial charge is 0.326 e. The van der Waals surface area contributed by atoms with Gasteiger partial charge in [0.2, 0.25) is 5.91 Å². The second-order valence-electron chi connectivity index (χ2n) is 6.96. The smallest absolute Gasteiger partial charge is 0.255 e. The van der Waals surface area contributed by atoms with Crippen LogP contribution >= 0.6 is 11.6 Å². The van der Waals surface area contributed by atoms with Crippen molar-refractivity contribution in [2.75, 3.05) is 10.6 Å². The lowest BCUT2D eigenvalue weighted by atomic mass is 10.1. The first-order chi connectivity index (χ1) is 13.6. The molecule has 0 saturated carbocycles. The van der Waals surface area contributed by atoms with Gasteiger partial charge in [0.15, 0.2) is 0 Å². The zero-order chi connectivity index (χ0) is 20.2. The second kappa shape index (κ2) is 12.2. The number of hydrogen-bond acceptors (Lipinski definition) is 2. The third-order valence-electron chi connectivity index (χ3n) is 4.54. The quantitative estimate of drug-likeness (QED) is 0.413. The SMILES string of the molecule is CCCCCCCCCC(=O)Nc1ccc(C(=O)Nc2ccc(Cl)cc2)cc1. The highest BCUT2D eigenvalue weighted by Crippen LogP contribution is 2.16. The summed E-state index contributed by atoms with van der Waals surface area (Å²) < 4.78 is 0. The van der Waals surface area contributed by atoms with Gasteiger partial charge in [-0.2, -0.15) is 0 Å². The van der Waals surface area contributed by atoms with Crippen molar-refractivity contribution in [1.82, 2.24) is 0 Å². The Balaban J connectivity index is 1.72. The summed E-state index contributed by atoms with van der Waals surface area (Å²) in [5, 5.41) is 6.32. The number of halogens is 1. The standard InChI is InChI=1S/C23H29ClN2O2/c1-2-3-4-5-6-7-8-9-22(27)25-20-14-10-18(11-15-20)23(28)26-21-16-12-19(24)13-17-21/h10-17H,2-9H2,1H3,(H,25,27)(H,26,28). The number of carbonyl (C=O) groups is 2. The average molecular weight is 401 g/mol. The summed E-state index contributed by atoms with van der Waals surface area (Å²) in [5.74, 6) is -0.185. The van der Waals surface area contributed by atoms with E-state index in [4.69, 9.17) is 11.6 Å². The molecule has 2 rings (SSSR count). The van der Waals surface area contributed by atoms with Gasteiger partial charge in [0.1, 0.15) is 0 Å².